The first-order valence-corrected chi connectivity index (χ1v) is 10.3. The zero-order valence-electron chi connectivity index (χ0n) is 12.7. The first-order chi connectivity index (χ1) is 9.74. The van der Waals surface area contributed by atoms with E-state index in [1.54, 1.807) is 0 Å². The number of sulfonamides is 1. The molecule has 0 spiro atoms. The highest BCUT2D eigenvalue weighted by Crippen LogP contribution is 2.12. The van der Waals surface area contributed by atoms with Crippen LogP contribution in [0.3, 0.4) is 0 Å². The van der Waals surface area contributed by atoms with Crippen molar-refractivity contribution in [2.45, 2.75) is 24.0 Å². The number of rotatable bonds is 9. The lowest BCUT2D eigenvalue weighted by Crippen LogP contribution is -2.32. The molecule has 0 aliphatic heterocycles. The molecule has 0 aromatic heterocycles. The second-order valence-corrected chi connectivity index (χ2v) is 8.77. The van der Waals surface area contributed by atoms with Gasteiger partial charge in [-0.2, -0.15) is 0 Å². The molecule has 0 aliphatic rings. The molecule has 128 valence electrons. The molecule has 0 heterocycles. The minimum absolute atomic E-state index is 0. The Labute approximate surface area is 139 Å². The minimum Gasteiger partial charge on any atom is -0.315 e. The molecular formula is C13H23ClN2O4S2. The van der Waals surface area contributed by atoms with Gasteiger partial charge in [-0.15, -0.1) is 12.4 Å². The van der Waals surface area contributed by atoms with Gasteiger partial charge < -0.3 is 5.32 Å². The van der Waals surface area contributed by atoms with Crippen LogP contribution < -0.4 is 10.0 Å². The average Bonchev–Trinajstić information content (AvgIpc) is 2.37. The number of benzene rings is 1. The first kappa shape index (κ1) is 21.3. The summed E-state index contributed by atoms with van der Waals surface area (Å²) < 4.78 is 48.8. The van der Waals surface area contributed by atoms with E-state index in [1.807, 2.05) is 6.92 Å². The molecule has 0 amide bonds. The van der Waals surface area contributed by atoms with Gasteiger partial charge in [0.1, 0.15) is 0 Å². The van der Waals surface area contributed by atoms with Crippen LogP contribution in [-0.2, 0) is 25.6 Å². The number of nitrogens with one attached hydrogen (secondary N) is 2. The maximum absolute atomic E-state index is 12.0. The summed E-state index contributed by atoms with van der Waals surface area (Å²) in [7, 11) is -6.67. The molecule has 0 saturated carbocycles. The summed E-state index contributed by atoms with van der Waals surface area (Å²) >= 11 is 0. The molecule has 9 heteroatoms. The molecule has 0 saturated heterocycles. The van der Waals surface area contributed by atoms with Gasteiger partial charge in [-0.05, 0) is 30.7 Å². The van der Waals surface area contributed by atoms with E-state index in [0.29, 0.717) is 18.7 Å². The Morgan fingerprint density at radius 3 is 2.05 bits per heavy atom. The highest BCUT2D eigenvalue weighted by Gasteiger charge is 2.13. The van der Waals surface area contributed by atoms with E-state index < -0.39 is 19.9 Å². The molecule has 0 atom stereocenters. The van der Waals surface area contributed by atoms with Crippen LogP contribution in [0.15, 0.2) is 29.2 Å². The second kappa shape index (κ2) is 9.46. The monoisotopic (exact) mass is 370 g/mol. The molecule has 2 N–H and O–H groups in total. The smallest absolute Gasteiger partial charge is 0.240 e. The van der Waals surface area contributed by atoms with Crippen LogP contribution in [0, 0.1) is 0 Å². The van der Waals surface area contributed by atoms with E-state index >= 15 is 0 Å². The minimum atomic E-state index is -3.55. The van der Waals surface area contributed by atoms with Crippen molar-refractivity contribution in [1.29, 1.82) is 0 Å². The van der Waals surface area contributed by atoms with Crippen LogP contribution in [0.1, 0.15) is 18.9 Å². The largest absolute Gasteiger partial charge is 0.315 e. The van der Waals surface area contributed by atoms with Crippen LogP contribution in [0.4, 0.5) is 0 Å². The number of hydrogen-bond acceptors (Lipinski definition) is 5. The summed E-state index contributed by atoms with van der Waals surface area (Å²) in [6.45, 7) is 3.77. The van der Waals surface area contributed by atoms with Crippen LogP contribution in [0.2, 0.25) is 0 Å². The first-order valence-electron chi connectivity index (χ1n) is 6.71. The van der Waals surface area contributed by atoms with Crippen molar-refractivity contribution < 1.29 is 16.8 Å². The van der Waals surface area contributed by atoms with Crippen LogP contribution in [-0.4, -0.2) is 42.7 Å². The molecule has 0 radical (unpaired) electrons. The molecule has 22 heavy (non-hydrogen) atoms. The fraction of sp³-hybridized carbons (Fsp3) is 0.538. The van der Waals surface area contributed by atoms with Crippen molar-refractivity contribution in [2.75, 3.05) is 25.9 Å². The Morgan fingerprint density at radius 1 is 0.955 bits per heavy atom. The van der Waals surface area contributed by atoms with Crippen molar-refractivity contribution in [3.8, 4) is 0 Å². The zero-order valence-corrected chi connectivity index (χ0v) is 15.2. The van der Waals surface area contributed by atoms with Gasteiger partial charge >= 0.3 is 0 Å². The predicted octanol–water partition coefficient (Wildman–Crippen LogP) is 0.931. The van der Waals surface area contributed by atoms with E-state index in [-0.39, 0.29) is 23.1 Å². The molecule has 0 unspecified atom stereocenters. The summed E-state index contributed by atoms with van der Waals surface area (Å²) in [4.78, 5) is 0.134. The summed E-state index contributed by atoms with van der Waals surface area (Å²) in [6.07, 6.45) is 2.14. The van der Waals surface area contributed by atoms with Crippen LogP contribution >= 0.6 is 12.4 Å². The number of halogens is 1. The quantitative estimate of drug-likeness (QED) is 0.631. The molecule has 0 fully saturated rings. The van der Waals surface area contributed by atoms with Gasteiger partial charge in [0, 0.05) is 19.3 Å². The summed E-state index contributed by atoms with van der Waals surface area (Å²) in [6, 6.07) is 5.88. The van der Waals surface area contributed by atoms with E-state index in [0.717, 1.165) is 19.2 Å². The van der Waals surface area contributed by atoms with Crippen LogP contribution in [0.25, 0.3) is 0 Å². The SMILES string of the molecule is CCCNCCNS(=O)(=O)c1ccc(CS(C)(=O)=O)cc1.Cl. The van der Waals surface area contributed by atoms with Crippen molar-refractivity contribution in [2.24, 2.45) is 0 Å². The van der Waals surface area contributed by atoms with Crippen molar-refractivity contribution >= 4 is 32.3 Å². The maximum Gasteiger partial charge on any atom is 0.240 e. The third-order valence-electron chi connectivity index (χ3n) is 2.68. The maximum atomic E-state index is 12.0. The second-order valence-electron chi connectivity index (χ2n) is 4.86. The summed E-state index contributed by atoms with van der Waals surface area (Å²) in [5.74, 6) is -0.0955. The molecule has 6 nitrogen and oxygen atoms in total. The van der Waals surface area contributed by atoms with Crippen molar-refractivity contribution in [3.63, 3.8) is 0 Å². The number of sulfone groups is 1. The average molecular weight is 371 g/mol. The third kappa shape index (κ3) is 8.09. The van der Waals surface area contributed by atoms with Gasteiger partial charge in [-0.1, -0.05) is 19.1 Å². The van der Waals surface area contributed by atoms with Crippen molar-refractivity contribution in [1.82, 2.24) is 10.0 Å². The summed E-state index contributed by atoms with van der Waals surface area (Å²) in [5.41, 5.74) is 0.570. The predicted molar refractivity (Wildman–Crippen MR) is 90.6 cm³/mol. The Hall–Kier alpha value is -0.670. The Bertz CT molecular complexity index is 643. The Kier molecular flexibility index (Phi) is 9.18. The Balaban J connectivity index is 0.00000441. The fourth-order valence-corrected chi connectivity index (χ4v) is 3.56. The third-order valence-corrected chi connectivity index (χ3v) is 5.02. The van der Waals surface area contributed by atoms with Gasteiger partial charge in [0.05, 0.1) is 10.6 Å². The lowest BCUT2D eigenvalue weighted by molar-refractivity contribution is 0.575. The van der Waals surface area contributed by atoms with Gasteiger partial charge in [0.15, 0.2) is 9.84 Å². The van der Waals surface area contributed by atoms with Crippen LogP contribution in [0.5, 0.6) is 0 Å². The molecule has 0 aliphatic carbocycles. The lowest BCUT2D eigenvalue weighted by Gasteiger charge is -2.08. The molecular weight excluding hydrogens is 348 g/mol. The van der Waals surface area contributed by atoms with Gasteiger partial charge in [0.25, 0.3) is 0 Å². The van der Waals surface area contributed by atoms with Gasteiger partial charge in [-0.25, -0.2) is 21.6 Å². The van der Waals surface area contributed by atoms with E-state index in [1.165, 1.54) is 24.3 Å². The van der Waals surface area contributed by atoms with Crippen molar-refractivity contribution in [3.05, 3.63) is 29.8 Å². The standard InChI is InChI=1S/C13H22N2O4S2.ClH/c1-3-8-14-9-10-15-21(18,19)13-6-4-12(5-7-13)11-20(2,16)17;/h4-7,14-15H,3,8-11H2,1-2H3;1H. The summed E-state index contributed by atoms with van der Waals surface area (Å²) in [5, 5.41) is 3.10. The topological polar surface area (TPSA) is 92.3 Å². The highest BCUT2D eigenvalue weighted by atomic mass is 35.5. The lowest BCUT2D eigenvalue weighted by atomic mass is 10.2. The molecule has 1 rings (SSSR count). The highest BCUT2D eigenvalue weighted by molar-refractivity contribution is 7.90. The van der Waals surface area contributed by atoms with Gasteiger partial charge in [0.2, 0.25) is 10.0 Å². The molecule has 0 bridgehead atoms. The zero-order chi connectivity index (χ0) is 15.9. The van der Waals surface area contributed by atoms with E-state index in [4.69, 9.17) is 0 Å². The Morgan fingerprint density at radius 2 is 1.55 bits per heavy atom. The molecule has 1 aromatic rings. The van der Waals surface area contributed by atoms with Gasteiger partial charge in [-0.3, -0.25) is 0 Å². The molecule has 1 aromatic carbocycles. The van der Waals surface area contributed by atoms with E-state index in [9.17, 15) is 16.8 Å². The van der Waals surface area contributed by atoms with E-state index in [2.05, 4.69) is 10.0 Å². The normalized spacial score (nSPS) is 11.9. The fourth-order valence-electron chi connectivity index (χ4n) is 1.73. The number of hydrogen-bond donors (Lipinski definition) is 2.